The quantitative estimate of drug-likeness (QED) is 0.751. The van der Waals surface area contributed by atoms with E-state index in [9.17, 15) is 9.59 Å². The summed E-state index contributed by atoms with van der Waals surface area (Å²) in [5.74, 6) is 0.276. The molecule has 1 aromatic rings. The van der Waals surface area contributed by atoms with Crippen LogP contribution in [0.1, 0.15) is 31.1 Å². The number of carbonyl (C=O) groups is 2. The van der Waals surface area contributed by atoms with Crippen LogP contribution in [-0.2, 0) is 4.79 Å². The Morgan fingerprint density at radius 2 is 2.13 bits per heavy atom. The summed E-state index contributed by atoms with van der Waals surface area (Å²) in [6, 6.07) is 3.12. The van der Waals surface area contributed by atoms with E-state index < -0.39 is 5.41 Å². The predicted molar refractivity (Wildman–Crippen MR) is 57.7 cm³/mol. The van der Waals surface area contributed by atoms with Crippen LogP contribution in [-0.4, -0.2) is 17.2 Å². The van der Waals surface area contributed by atoms with E-state index in [-0.39, 0.29) is 5.91 Å². The molecule has 0 saturated carbocycles. The third-order valence-electron chi connectivity index (χ3n) is 1.84. The fourth-order valence-electron chi connectivity index (χ4n) is 0.892. The van der Waals surface area contributed by atoms with Crippen LogP contribution in [0.2, 0.25) is 0 Å². The lowest BCUT2D eigenvalue weighted by atomic mass is 9.96. The summed E-state index contributed by atoms with van der Waals surface area (Å²) in [6.45, 7) is 5.43. The van der Waals surface area contributed by atoms with E-state index in [0.717, 1.165) is 0 Å². The highest BCUT2D eigenvalue weighted by Crippen LogP contribution is 2.16. The number of nitrogens with zero attached hydrogens (tertiary/aromatic N) is 1. The largest absolute Gasteiger partial charge is 0.310 e. The Kier molecular flexibility index (Phi) is 3.19. The van der Waals surface area contributed by atoms with Crippen molar-refractivity contribution < 1.29 is 9.59 Å². The number of rotatable bonds is 2. The zero-order chi connectivity index (χ0) is 11.5. The highest BCUT2D eigenvalue weighted by atomic mass is 16.2. The topological polar surface area (TPSA) is 59.1 Å². The van der Waals surface area contributed by atoms with Gasteiger partial charge in [-0.3, -0.25) is 9.59 Å². The van der Waals surface area contributed by atoms with E-state index >= 15 is 0 Å². The molecular formula is C11H14N2O2. The van der Waals surface area contributed by atoms with Crippen LogP contribution >= 0.6 is 0 Å². The van der Waals surface area contributed by atoms with Crippen molar-refractivity contribution in [3.05, 3.63) is 23.9 Å². The van der Waals surface area contributed by atoms with Crippen molar-refractivity contribution in [2.45, 2.75) is 20.8 Å². The number of anilines is 1. The summed E-state index contributed by atoms with van der Waals surface area (Å²) in [7, 11) is 0. The average Bonchev–Trinajstić information content (AvgIpc) is 2.16. The summed E-state index contributed by atoms with van der Waals surface area (Å²) >= 11 is 0. The normalized spacial score (nSPS) is 10.9. The Labute approximate surface area is 88.7 Å². The minimum Gasteiger partial charge on any atom is -0.310 e. The Balaban J connectivity index is 2.81. The number of carbonyl (C=O) groups excluding carboxylic acids is 2. The lowest BCUT2D eigenvalue weighted by molar-refractivity contribution is -0.123. The van der Waals surface area contributed by atoms with Gasteiger partial charge in [-0.25, -0.2) is 4.98 Å². The number of amides is 1. The number of nitrogens with one attached hydrogen (secondary N) is 1. The first-order valence-corrected chi connectivity index (χ1v) is 4.66. The lowest BCUT2D eigenvalue weighted by Crippen LogP contribution is -2.28. The van der Waals surface area contributed by atoms with E-state index in [1.54, 1.807) is 6.07 Å². The first-order valence-electron chi connectivity index (χ1n) is 4.66. The molecule has 0 spiro atoms. The first-order chi connectivity index (χ1) is 6.93. The molecular weight excluding hydrogens is 192 g/mol. The summed E-state index contributed by atoms with van der Waals surface area (Å²) in [5.41, 5.74) is 0.0213. The molecule has 0 aliphatic carbocycles. The molecule has 80 valence electrons. The Bertz CT molecular complexity index is 380. The van der Waals surface area contributed by atoms with Gasteiger partial charge in [-0.2, -0.15) is 0 Å². The number of aldehydes is 1. The van der Waals surface area contributed by atoms with Crippen LogP contribution in [0.3, 0.4) is 0 Å². The Morgan fingerprint density at radius 3 is 2.67 bits per heavy atom. The second-order valence-corrected chi connectivity index (χ2v) is 4.30. The maximum absolute atomic E-state index is 11.6. The Hall–Kier alpha value is -1.71. The maximum Gasteiger partial charge on any atom is 0.230 e. The zero-order valence-corrected chi connectivity index (χ0v) is 9.07. The van der Waals surface area contributed by atoms with Gasteiger partial charge in [0.05, 0.1) is 0 Å². The van der Waals surface area contributed by atoms with E-state index in [4.69, 9.17) is 0 Å². The van der Waals surface area contributed by atoms with E-state index in [0.29, 0.717) is 17.7 Å². The summed E-state index contributed by atoms with van der Waals surface area (Å²) in [4.78, 5) is 26.0. The SMILES string of the molecule is CC(C)(C)C(=O)Nc1cc(C=O)ccn1. The van der Waals surface area contributed by atoms with Gasteiger partial charge in [0, 0.05) is 17.2 Å². The molecule has 4 heteroatoms. The van der Waals surface area contributed by atoms with Crippen molar-refractivity contribution in [2.75, 3.05) is 5.32 Å². The van der Waals surface area contributed by atoms with E-state index in [1.807, 2.05) is 20.8 Å². The molecule has 0 atom stereocenters. The molecule has 15 heavy (non-hydrogen) atoms. The van der Waals surface area contributed by atoms with Crippen LogP contribution < -0.4 is 5.32 Å². The first kappa shape index (κ1) is 11.4. The third-order valence-corrected chi connectivity index (χ3v) is 1.84. The molecule has 1 aromatic heterocycles. The molecule has 1 rings (SSSR count). The second kappa shape index (κ2) is 4.21. The van der Waals surface area contributed by atoms with Crippen LogP contribution in [0.15, 0.2) is 18.3 Å². The number of pyridine rings is 1. The van der Waals surface area contributed by atoms with Gasteiger partial charge >= 0.3 is 0 Å². The third kappa shape index (κ3) is 3.16. The zero-order valence-electron chi connectivity index (χ0n) is 9.07. The summed E-state index contributed by atoms with van der Waals surface area (Å²) in [5, 5.41) is 2.65. The summed E-state index contributed by atoms with van der Waals surface area (Å²) in [6.07, 6.45) is 2.20. The Morgan fingerprint density at radius 1 is 1.47 bits per heavy atom. The van der Waals surface area contributed by atoms with Gasteiger partial charge in [0.2, 0.25) is 5.91 Å². The highest BCUT2D eigenvalue weighted by Gasteiger charge is 2.21. The molecule has 0 bridgehead atoms. The number of hydrogen-bond donors (Lipinski definition) is 1. The molecule has 4 nitrogen and oxygen atoms in total. The summed E-state index contributed by atoms with van der Waals surface area (Å²) < 4.78 is 0. The molecule has 0 radical (unpaired) electrons. The molecule has 0 unspecified atom stereocenters. The van der Waals surface area contributed by atoms with Crippen LogP contribution in [0.4, 0.5) is 5.82 Å². The maximum atomic E-state index is 11.6. The van der Waals surface area contributed by atoms with Crippen molar-refractivity contribution in [1.29, 1.82) is 0 Å². The van der Waals surface area contributed by atoms with E-state index in [1.165, 1.54) is 12.3 Å². The van der Waals surface area contributed by atoms with Gasteiger partial charge in [0.15, 0.2) is 0 Å². The van der Waals surface area contributed by atoms with Gasteiger partial charge in [0.25, 0.3) is 0 Å². The molecule has 0 aliphatic rings. The molecule has 0 aromatic carbocycles. The molecule has 0 saturated heterocycles. The predicted octanol–water partition coefficient (Wildman–Crippen LogP) is 1.88. The lowest BCUT2D eigenvalue weighted by Gasteiger charge is -2.17. The van der Waals surface area contributed by atoms with Gasteiger partial charge in [0.1, 0.15) is 12.1 Å². The highest BCUT2D eigenvalue weighted by molar-refractivity contribution is 5.94. The fraction of sp³-hybridized carbons (Fsp3) is 0.364. The van der Waals surface area contributed by atoms with E-state index in [2.05, 4.69) is 10.3 Å². The van der Waals surface area contributed by atoms with Gasteiger partial charge < -0.3 is 5.32 Å². The van der Waals surface area contributed by atoms with Crippen molar-refractivity contribution in [3.8, 4) is 0 Å². The number of aromatic nitrogens is 1. The van der Waals surface area contributed by atoms with Crippen molar-refractivity contribution in [1.82, 2.24) is 4.98 Å². The van der Waals surface area contributed by atoms with Gasteiger partial charge in [-0.15, -0.1) is 0 Å². The molecule has 1 N–H and O–H groups in total. The fourth-order valence-corrected chi connectivity index (χ4v) is 0.892. The van der Waals surface area contributed by atoms with Gasteiger partial charge in [-0.05, 0) is 12.1 Å². The molecule has 0 aliphatic heterocycles. The molecule has 0 fully saturated rings. The van der Waals surface area contributed by atoms with Crippen molar-refractivity contribution in [2.24, 2.45) is 5.41 Å². The molecule has 1 amide bonds. The van der Waals surface area contributed by atoms with Crippen molar-refractivity contribution in [3.63, 3.8) is 0 Å². The van der Waals surface area contributed by atoms with Crippen molar-refractivity contribution >= 4 is 18.0 Å². The standard InChI is InChI=1S/C11H14N2O2/c1-11(2,3)10(15)13-9-6-8(7-14)4-5-12-9/h4-7H,1-3H3,(H,12,13,15). The van der Waals surface area contributed by atoms with Crippen LogP contribution in [0.5, 0.6) is 0 Å². The smallest absolute Gasteiger partial charge is 0.230 e. The van der Waals surface area contributed by atoms with Gasteiger partial charge in [-0.1, -0.05) is 20.8 Å². The monoisotopic (exact) mass is 206 g/mol. The van der Waals surface area contributed by atoms with Crippen LogP contribution in [0, 0.1) is 5.41 Å². The minimum atomic E-state index is -0.473. The second-order valence-electron chi connectivity index (χ2n) is 4.30. The van der Waals surface area contributed by atoms with Crippen LogP contribution in [0.25, 0.3) is 0 Å². The average molecular weight is 206 g/mol. The number of hydrogen-bond acceptors (Lipinski definition) is 3. The molecule has 1 heterocycles. The minimum absolute atomic E-state index is 0.127.